The van der Waals surface area contributed by atoms with Gasteiger partial charge in [0.2, 0.25) is 0 Å². The van der Waals surface area contributed by atoms with E-state index in [1.54, 1.807) is 0 Å². The third-order valence-corrected chi connectivity index (χ3v) is 4.50. The minimum absolute atomic E-state index is 0.147. The van der Waals surface area contributed by atoms with E-state index in [0.717, 1.165) is 29.8 Å². The molecule has 0 amide bonds. The van der Waals surface area contributed by atoms with Gasteiger partial charge in [0.15, 0.2) is 5.96 Å². The summed E-state index contributed by atoms with van der Waals surface area (Å²) < 4.78 is 5.72. The third-order valence-electron chi connectivity index (χ3n) is 4.50. The van der Waals surface area contributed by atoms with Crippen LogP contribution in [0.4, 0.5) is 0 Å². The summed E-state index contributed by atoms with van der Waals surface area (Å²) >= 11 is 0. The van der Waals surface area contributed by atoms with Crippen molar-refractivity contribution in [3.8, 4) is 5.75 Å². The van der Waals surface area contributed by atoms with Gasteiger partial charge in [-0.05, 0) is 25.5 Å². The Morgan fingerprint density at radius 1 is 1.23 bits per heavy atom. The molecule has 2 unspecified atom stereocenters. The molecule has 1 heterocycles. The largest absolute Gasteiger partial charge is 0.493 e. The van der Waals surface area contributed by atoms with Crippen molar-refractivity contribution in [3.63, 3.8) is 0 Å². The number of ether oxygens (including phenoxy) is 1. The van der Waals surface area contributed by atoms with Gasteiger partial charge < -0.3 is 20.5 Å². The highest BCUT2D eigenvalue weighted by atomic mass is 16.5. The van der Waals surface area contributed by atoms with Crippen LogP contribution in [0.2, 0.25) is 0 Å². The van der Waals surface area contributed by atoms with E-state index in [1.807, 2.05) is 56.3 Å². The second-order valence-corrected chi connectivity index (χ2v) is 6.52. The number of para-hydroxylation sites is 1. The van der Waals surface area contributed by atoms with Crippen molar-refractivity contribution in [2.45, 2.75) is 32.4 Å². The summed E-state index contributed by atoms with van der Waals surface area (Å²) in [5.74, 6) is 1.63. The highest BCUT2D eigenvalue weighted by Crippen LogP contribution is 2.31. The van der Waals surface area contributed by atoms with Gasteiger partial charge >= 0.3 is 0 Å². The number of aryl methyl sites for hydroxylation is 1. The van der Waals surface area contributed by atoms with E-state index in [2.05, 4.69) is 21.7 Å². The van der Waals surface area contributed by atoms with Gasteiger partial charge in [0.1, 0.15) is 5.75 Å². The number of fused-ring (bicyclic) bond motifs is 1. The van der Waals surface area contributed by atoms with Crippen LogP contribution in [0.15, 0.2) is 53.5 Å². The Morgan fingerprint density at radius 3 is 2.77 bits per heavy atom. The fourth-order valence-corrected chi connectivity index (χ4v) is 3.05. The predicted molar refractivity (Wildman–Crippen MR) is 105 cm³/mol. The van der Waals surface area contributed by atoms with Crippen LogP contribution in [0.5, 0.6) is 5.75 Å². The van der Waals surface area contributed by atoms with Crippen molar-refractivity contribution < 1.29 is 9.84 Å². The van der Waals surface area contributed by atoms with E-state index >= 15 is 0 Å². The molecule has 3 N–H and O–H groups in total. The van der Waals surface area contributed by atoms with Crippen molar-refractivity contribution in [2.24, 2.45) is 4.99 Å². The lowest BCUT2D eigenvalue weighted by molar-refractivity contribution is 0.187. The maximum Gasteiger partial charge on any atom is 0.191 e. The molecule has 0 saturated heterocycles. The summed E-state index contributed by atoms with van der Waals surface area (Å²) in [5, 5.41) is 17.1. The molecule has 0 radical (unpaired) electrons. The molecule has 138 valence electrons. The second kappa shape index (κ2) is 8.72. The van der Waals surface area contributed by atoms with Gasteiger partial charge in [-0.2, -0.15) is 0 Å². The third kappa shape index (κ3) is 4.55. The zero-order chi connectivity index (χ0) is 18.4. The molecular weight excluding hydrogens is 326 g/mol. The molecule has 0 saturated carbocycles. The second-order valence-electron chi connectivity index (χ2n) is 6.52. The Labute approximate surface area is 155 Å². The van der Waals surface area contributed by atoms with Crippen LogP contribution in [-0.2, 0) is 0 Å². The number of nitrogens with zero attached hydrogens (tertiary/aromatic N) is 1. The van der Waals surface area contributed by atoms with Gasteiger partial charge in [-0.15, -0.1) is 0 Å². The number of aliphatic hydroxyl groups is 1. The maximum atomic E-state index is 10.4. The van der Waals surface area contributed by atoms with Gasteiger partial charge in [-0.25, -0.2) is 0 Å². The first kappa shape index (κ1) is 18.3. The van der Waals surface area contributed by atoms with Crippen LogP contribution in [0.3, 0.4) is 0 Å². The molecule has 0 bridgehead atoms. The first-order valence-electron chi connectivity index (χ1n) is 9.18. The van der Waals surface area contributed by atoms with E-state index in [0.29, 0.717) is 19.1 Å². The number of nitrogens with one attached hydrogen (secondary N) is 2. The van der Waals surface area contributed by atoms with Crippen molar-refractivity contribution in [3.05, 3.63) is 65.2 Å². The van der Waals surface area contributed by atoms with E-state index in [4.69, 9.17) is 4.74 Å². The van der Waals surface area contributed by atoms with E-state index in [9.17, 15) is 5.11 Å². The monoisotopic (exact) mass is 353 g/mol. The van der Waals surface area contributed by atoms with Crippen LogP contribution in [0, 0.1) is 6.92 Å². The Balaban J connectivity index is 1.69. The Bertz CT molecular complexity index is 743. The average molecular weight is 353 g/mol. The molecule has 0 spiro atoms. The minimum atomic E-state index is -0.618. The topological polar surface area (TPSA) is 65.9 Å². The van der Waals surface area contributed by atoms with Crippen LogP contribution in [0.1, 0.15) is 42.2 Å². The molecule has 0 fully saturated rings. The lowest BCUT2D eigenvalue weighted by Crippen LogP contribution is -2.41. The van der Waals surface area contributed by atoms with Crippen LogP contribution in [0.25, 0.3) is 0 Å². The summed E-state index contributed by atoms with van der Waals surface area (Å²) in [6.45, 7) is 5.82. The SMILES string of the molecule is CCNC(=NCC(O)c1ccc(C)cc1)NC1CCOc2ccccc21. The number of hydrogen-bond acceptors (Lipinski definition) is 3. The lowest BCUT2D eigenvalue weighted by Gasteiger charge is -2.28. The standard InChI is InChI=1S/C21H27N3O2/c1-3-22-21(23-14-19(25)16-10-8-15(2)9-11-16)24-18-12-13-26-20-7-5-4-6-17(18)20/h4-11,18-19,25H,3,12-14H2,1-2H3,(H2,22,23,24). The summed E-state index contributed by atoms with van der Waals surface area (Å²) in [7, 11) is 0. The van der Waals surface area contributed by atoms with Crippen molar-refractivity contribution in [2.75, 3.05) is 19.7 Å². The number of aliphatic imine (C=N–C) groups is 1. The van der Waals surface area contributed by atoms with E-state index < -0.39 is 6.10 Å². The first-order chi connectivity index (χ1) is 12.7. The van der Waals surface area contributed by atoms with Gasteiger partial charge in [0, 0.05) is 18.5 Å². The number of benzene rings is 2. The lowest BCUT2D eigenvalue weighted by atomic mass is 10.0. The molecule has 2 aromatic carbocycles. The van der Waals surface area contributed by atoms with Crippen LogP contribution in [-0.4, -0.2) is 30.8 Å². The maximum absolute atomic E-state index is 10.4. The number of guanidine groups is 1. The van der Waals surface area contributed by atoms with E-state index in [1.165, 1.54) is 5.56 Å². The van der Waals surface area contributed by atoms with Gasteiger partial charge in [0.05, 0.1) is 25.3 Å². The highest BCUT2D eigenvalue weighted by molar-refractivity contribution is 5.80. The molecule has 1 aliphatic heterocycles. The molecule has 26 heavy (non-hydrogen) atoms. The molecular formula is C21H27N3O2. The summed E-state index contributed by atoms with van der Waals surface area (Å²) in [6, 6.07) is 16.1. The van der Waals surface area contributed by atoms with Crippen molar-refractivity contribution in [1.29, 1.82) is 0 Å². The normalized spacial score (nSPS) is 17.8. The molecule has 1 aliphatic rings. The summed E-state index contributed by atoms with van der Waals surface area (Å²) in [5.41, 5.74) is 3.20. The van der Waals surface area contributed by atoms with E-state index in [-0.39, 0.29) is 6.04 Å². The summed E-state index contributed by atoms with van der Waals surface area (Å²) in [6.07, 6.45) is 0.259. The smallest absolute Gasteiger partial charge is 0.191 e. The number of hydrogen-bond donors (Lipinski definition) is 3. The fraction of sp³-hybridized carbons (Fsp3) is 0.381. The minimum Gasteiger partial charge on any atom is -0.493 e. The average Bonchev–Trinajstić information content (AvgIpc) is 2.67. The molecule has 5 nitrogen and oxygen atoms in total. The molecule has 3 rings (SSSR count). The number of rotatable bonds is 5. The molecule has 0 aliphatic carbocycles. The Hall–Kier alpha value is -2.53. The zero-order valence-electron chi connectivity index (χ0n) is 15.4. The number of aliphatic hydroxyl groups excluding tert-OH is 1. The van der Waals surface area contributed by atoms with Crippen LogP contribution >= 0.6 is 0 Å². The van der Waals surface area contributed by atoms with Crippen molar-refractivity contribution >= 4 is 5.96 Å². The highest BCUT2D eigenvalue weighted by Gasteiger charge is 2.21. The fourth-order valence-electron chi connectivity index (χ4n) is 3.05. The van der Waals surface area contributed by atoms with Gasteiger partial charge in [0.25, 0.3) is 0 Å². The van der Waals surface area contributed by atoms with Crippen LogP contribution < -0.4 is 15.4 Å². The summed E-state index contributed by atoms with van der Waals surface area (Å²) in [4.78, 5) is 4.58. The van der Waals surface area contributed by atoms with Gasteiger partial charge in [-0.3, -0.25) is 4.99 Å². The Morgan fingerprint density at radius 2 is 2.00 bits per heavy atom. The molecule has 0 aromatic heterocycles. The molecule has 2 atom stereocenters. The molecule has 5 heteroatoms. The van der Waals surface area contributed by atoms with Crippen molar-refractivity contribution in [1.82, 2.24) is 10.6 Å². The predicted octanol–water partition coefficient (Wildman–Crippen LogP) is 3.11. The Kier molecular flexibility index (Phi) is 6.12. The molecule has 2 aromatic rings. The van der Waals surface area contributed by atoms with Gasteiger partial charge in [-0.1, -0.05) is 48.0 Å². The first-order valence-corrected chi connectivity index (χ1v) is 9.18. The zero-order valence-corrected chi connectivity index (χ0v) is 15.4. The quantitative estimate of drug-likeness (QED) is 0.571.